The van der Waals surface area contributed by atoms with E-state index in [4.69, 9.17) is 16.3 Å². The summed E-state index contributed by atoms with van der Waals surface area (Å²) in [5.41, 5.74) is 1.52. The first-order chi connectivity index (χ1) is 11.4. The number of rotatable bonds is 2. The van der Waals surface area contributed by atoms with Gasteiger partial charge in [-0.05, 0) is 42.3 Å². The zero-order valence-electron chi connectivity index (χ0n) is 12.5. The Labute approximate surface area is 151 Å². The van der Waals surface area contributed by atoms with Crippen molar-refractivity contribution in [1.82, 2.24) is 0 Å². The Hall–Kier alpha value is -1.98. The van der Waals surface area contributed by atoms with Crippen LogP contribution in [0.1, 0.15) is 22.6 Å². The molecule has 0 fully saturated rings. The van der Waals surface area contributed by atoms with Crippen molar-refractivity contribution in [2.45, 2.75) is 12.8 Å². The van der Waals surface area contributed by atoms with Crippen LogP contribution >= 0.6 is 27.5 Å². The number of hydrogen-bond donors (Lipinski definition) is 0. The van der Waals surface area contributed by atoms with Crippen LogP contribution in [0.25, 0.3) is 5.76 Å². The number of esters is 1. The van der Waals surface area contributed by atoms with Gasteiger partial charge in [0.05, 0.1) is 5.56 Å². The van der Waals surface area contributed by atoms with Gasteiger partial charge in [0.2, 0.25) is 0 Å². The quantitative estimate of drug-likeness (QED) is 0.528. The number of allylic oxidation sites excluding steroid dienone is 1. The Kier molecular flexibility index (Phi) is 4.56. The van der Waals surface area contributed by atoms with E-state index in [-0.39, 0.29) is 16.3 Å². The predicted molar refractivity (Wildman–Crippen MR) is 92.1 cm³/mol. The van der Waals surface area contributed by atoms with E-state index in [0.717, 1.165) is 17.7 Å². The second-order valence-corrected chi connectivity index (χ2v) is 6.70. The van der Waals surface area contributed by atoms with Gasteiger partial charge in [-0.15, -0.1) is 0 Å². The maximum Gasteiger partial charge on any atom is 0.326 e. The van der Waals surface area contributed by atoms with Crippen LogP contribution in [-0.4, -0.2) is 11.8 Å². The van der Waals surface area contributed by atoms with Crippen LogP contribution in [0.2, 0.25) is 5.02 Å². The third-order valence-electron chi connectivity index (χ3n) is 3.67. The Morgan fingerprint density at radius 1 is 1.17 bits per heavy atom. The Morgan fingerprint density at radius 2 is 1.92 bits per heavy atom. The third kappa shape index (κ3) is 3.14. The van der Waals surface area contributed by atoms with E-state index in [1.165, 1.54) is 12.1 Å². The number of carbonyl (C=O) groups excluding carboxylic acids is 2. The highest BCUT2D eigenvalue weighted by Gasteiger charge is 2.36. The molecule has 0 saturated heterocycles. The fourth-order valence-electron chi connectivity index (χ4n) is 2.49. The molecule has 0 aliphatic carbocycles. The highest BCUT2D eigenvalue weighted by Crippen LogP contribution is 2.34. The Balaban J connectivity index is 2.00. The average molecular weight is 410 g/mol. The fraction of sp³-hybridized carbons (Fsp3) is 0.111. The van der Waals surface area contributed by atoms with Gasteiger partial charge in [-0.1, -0.05) is 39.7 Å². The first kappa shape index (κ1) is 16.9. The minimum Gasteiger partial charge on any atom is -0.425 e. The summed E-state index contributed by atoms with van der Waals surface area (Å²) in [7, 11) is 0. The lowest BCUT2D eigenvalue weighted by atomic mass is 9.91. The van der Waals surface area contributed by atoms with Crippen LogP contribution < -0.4 is 0 Å². The molecule has 6 heteroatoms. The number of halogens is 3. The molecule has 0 bridgehead atoms. The molecule has 24 heavy (non-hydrogen) atoms. The van der Waals surface area contributed by atoms with Gasteiger partial charge in [-0.2, -0.15) is 0 Å². The molecule has 122 valence electrons. The molecular formula is C18H11BrClFO3. The minimum absolute atomic E-state index is 0.0162. The summed E-state index contributed by atoms with van der Waals surface area (Å²) in [6.45, 7) is 1.90. The lowest BCUT2D eigenvalue weighted by Crippen LogP contribution is -2.27. The van der Waals surface area contributed by atoms with Crippen molar-refractivity contribution in [3.05, 3.63) is 74.5 Å². The van der Waals surface area contributed by atoms with E-state index >= 15 is 0 Å². The first-order valence-electron chi connectivity index (χ1n) is 7.05. The molecule has 0 saturated carbocycles. The van der Waals surface area contributed by atoms with Crippen molar-refractivity contribution >= 4 is 45.0 Å². The van der Waals surface area contributed by atoms with Gasteiger partial charge in [0.1, 0.15) is 17.5 Å². The number of cyclic esters (lactones) is 1. The van der Waals surface area contributed by atoms with Crippen molar-refractivity contribution in [2.24, 2.45) is 0 Å². The van der Waals surface area contributed by atoms with E-state index in [0.29, 0.717) is 10.0 Å². The maximum absolute atomic E-state index is 14.0. The molecule has 1 unspecified atom stereocenters. The highest BCUT2D eigenvalue weighted by atomic mass is 79.9. The molecule has 3 rings (SSSR count). The summed E-state index contributed by atoms with van der Waals surface area (Å²) >= 11 is 9.07. The Bertz CT molecular complexity index is 892. The summed E-state index contributed by atoms with van der Waals surface area (Å²) in [4.78, 5) is 24.8. The first-order valence-corrected chi connectivity index (χ1v) is 8.22. The summed E-state index contributed by atoms with van der Waals surface area (Å²) in [5, 5.41) is 0.215. The van der Waals surface area contributed by atoms with E-state index in [2.05, 4.69) is 15.9 Å². The summed E-state index contributed by atoms with van der Waals surface area (Å²) in [6, 6.07) is 9.24. The number of ketones is 1. The lowest BCUT2D eigenvalue weighted by molar-refractivity contribution is -0.142. The van der Waals surface area contributed by atoms with Crippen molar-refractivity contribution in [3.63, 3.8) is 0 Å². The van der Waals surface area contributed by atoms with Crippen LogP contribution in [0.3, 0.4) is 0 Å². The van der Waals surface area contributed by atoms with Gasteiger partial charge in [0.15, 0.2) is 5.78 Å². The van der Waals surface area contributed by atoms with Gasteiger partial charge >= 0.3 is 5.97 Å². The molecule has 0 radical (unpaired) electrons. The van der Waals surface area contributed by atoms with Crippen molar-refractivity contribution in [3.8, 4) is 0 Å². The van der Waals surface area contributed by atoms with Crippen LogP contribution in [0.15, 0.2) is 46.9 Å². The second-order valence-electron chi connectivity index (χ2n) is 5.41. The number of carbonyl (C=O) groups is 2. The summed E-state index contributed by atoms with van der Waals surface area (Å²) < 4.78 is 19.8. The molecule has 1 aliphatic heterocycles. The van der Waals surface area contributed by atoms with E-state index in [9.17, 15) is 14.0 Å². The van der Waals surface area contributed by atoms with Gasteiger partial charge in [-0.3, -0.25) is 9.59 Å². The third-order valence-corrected chi connectivity index (χ3v) is 4.59. The van der Waals surface area contributed by atoms with Gasteiger partial charge in [0, 0.05) is 15.6 Å². The molecule has 1 atom stereocenters. The van der Waals surface area contributed by atoms with Crippen molar-refractivity contribution < 1.29 is 18.7 Å². The lowest BCUT2D eigenvalue weighted by Gasteiger charge is -2.21. The van der Waals surface area contributed by atoms with Gasteiger partial charge in [0.25, 0.3) is 0 Å². The molecule has 0 spiro atoms. The Morgan fingerprint density at radius 3 is 2.54 bits per heavy atom. The molecule has 0 amide bonds. The average Bonchev–Trinajstić information content (AvgIpc) is 2.48. The molecule has 0 aromatic heterocycles. The van der Waals surface area contributed by atoms with Crippen molar-refractivity contribution in [1.29, 1.82) is 0 Å². The zero-order valence-corrected chi connectivity index (χ0v) is 14.8. The monoisotopic (exact) mass is 408 g/mol. The predicted octanol–water partition coefficient (Wildman–Crippen LogP) is 4.80. The summed E-state index contributed by atoms with van der Waals surface area (Å²) in [6.07, 6.45) is 1.14. The molecule has 2 aromatic rings. The van der Waals surface area contributed by atoms with Crippen LogP contribution in [0.5, 0.6) is 0 Å². The number of aryl methyl sites for hydroxylation is 1. The fourth-order valence-corrected chi connectivity index (χ4v) is 3.37. The van der Waals surface area contributed by atoms with E-state index in [1.807, 2.05) is 13.0 Å². The number of benzene rings is 2. The topological polar surface area (TPSA) is 43.4 Å². The molecule has 2 aromatic carbocycles. The minimum atomic E-state index is -1.07. The van der Waals surface area contributed by atoms with Crippen LogP contribution in [-0.2, 0) is 14.3 Å². The van der Waals surface area contributed by atoms with Crippen molar-refractivity contribution in [2.75, 3.05) is 0 Å². The maximum atomic E-state index is 14.0. The smallest absolute Gasteiger partial charge is 0.326 e. The van der Waals surface area contributed by atoms with Gasteiger partial charge < -0.3 is 4.74 Å². The standard InChI is InChI=1S/C18H11BrClFO3/c1-9-2-4-11(13(19)6-9)17-15(22)8-16(24-18(17)23)12-5-3-10(20)7-14(12)21/h2-8,17H,1H3. The van der Waals surface area contributed by atoms with E-state index in [1.54, 1.807) is 12.1 Å². The second kappa shape index (κ2) is 6.49. The normalized spacial score (nSPS) is 17.5. The molecule has 3 nitrogen and oxygen atoms in total. The molecule has 1 aliphatic rings. The zero-order chi connectivity index (χ0) is 17.4. The molecule has 0 N–H and O–H groups in total. The summed E-state index contributed by atoms with van der Waals surface area (Å²) in [5.74, 6) is -3.04. The SMILES string of the molecule is Cc1ccc(C2C(=O)C=C(c3ccc(Cl)cc3F)OC2=O)c(Br)c1. The highest BCUT2D eigenvalue weighted by molar-refractivity contribution is 9.10. The number of ether oxygens (including phenoxy) is 1. The van der Waals surface area contributed by atoms with E-state index < -0.39 is 23.5 Å². The largest absolute Gasteiger partial charge is 0.425 e. The molecule has 1 heterocycles. The molecular weight excluding hydrogens is 399 g/mol. The van der Waals surface area contributed by atoms with Crippen LogP contribution in [0.4, 0.5) is 4.39 Å². The van der Waals surface area contributed by atoms with Crippen LogP contribution in [0, 0.1) is 12.7 Å². The van der Waals surface area contributed by atoms with Gasteiger partial charge in [-0.25, -0.2) is 4.39 Å². The number of hydrogen-bond acceptors (Lipinski definition) is 3.